The number of sulfone groups is 1. The van der Waals surface area contributed by atoms with Gasteiger partial charge in [0, 0.05) is 25.6 Å². The average Bonchev–Trinajstić information content (AvgIpc) is 2.26. The summed E-state index contributed by atoms with van der Waals surface area (Å²) in [5.41, 5.74) is 2.12. The first-order valence-corrected chi connectivity index (χ1v) is 7.57. The van der Waals surface area contributed by atoms with Gasteiger partial charge in [-0.05, 0) is 18.1 Å². The Bertz CT molecular complexity index is 443. The van der Waals surface area contributed by atoms with Gasteiger partial charge in [0.1, 0.15) is 9.84 Å². The second-order valence-electron chi connectivity index (χ2n) is 3.96. The zero-order valence-corrected chi connectivity index (χ0v) is 11.1. The number of anilines is 1. The van der Waals surface area contributed by atoms with Crippen LogP contribution in [0.5, 0.6) is 0 Å². The average molecular weight is 257 g/mol. The van der Waals surface area contributed by atoms with Crippen molar-refractivity contribution in [2.45, 2.75) is 6.42 Å². The normalized spacial score (nSPS) is 11.4. The van der Waals surface area contributed by atoms with Gasteiger partial charge in [-0.15, -0.1) is 0 Å². The molecule has 0 spiro atoms. The van der Waals surface area contributed by atoms with Crippen molar-refractivity contribution in [1.82, 2.24) is 0 Å². The van der Waals surface area contributed by atoms with Gasteiger partial charge in [-0.3, -0.25) is 0 Å². The maximum Gasteiger partial charge on any atom is 0.149 e. The van der Waals surface area contributed by atoms with Gasteiger partial charge < -0.3 is 10.1 Å². The molecule has 96 valence electrons. The summed E-state index contributed by atoms with van der Waals surface area (Å²) in [5, 5.41) is 3.14. The molecule has 0 unspecified atom stereocenters. The Kier molecular flexibility index (Phi) is 5.44. The molecule has 5 heteroatoms. The summed E-state index contributed by atoms with van der Waals surface area (Å²) in [7, 11) is -1.24. The van der Waals surface area contributed by atoms with Crippen molar-refractivity contribution in [3.63, 3.8) is 0 Å². The molecule has 1 aromatic rings. The lowest BCUT2D eigenvalue weighted by Gasteiger charge is -2.11. The van der Waals surface area contributed by atoms with Crippen molar-refractivity contribution in [2.75, 3.05) is 37.6 Å². The Morgan fingerprint density at radius 3 is 2.65 bits per heavy atom. The summed E-state index contributed by atoms with van der Waals surface area (Å²) in [6, 6.07) is 7.86. The summed E-state index contributed by atoms with van der Waals surface area (Å²) in [6.07, 6.45) is 2.06. The molecule has 0 saturated carbocycles. The number of rotatable bonds is 7. The van der Waals surface area contributed by atoms with E-state index < -0.39 is 9.84 Å². The fourth-order valence-electron chi connectivity index (χ4n) is 1.49. The van der Waals surface area contributed by atoms with Crippen LogP contribution in [-0.4, -0.2) is 40.7 Å². The summed E-state index contributed by atoms with van der Waals surface area (Å²) in [4.78, 5) is 0. The van der Waals surface area contributed by atoms with Crippen LogP contribution in [0, 0.1) is 0 Å². The smallest absolute Gasteiger partial charge is 0.149 e. The van der Waals surface area contributed by atoms with Crippen molar-refractivity contribution in [3.05, 3.63) is 29.8 Å². The maximum absolute atomic E-state index is 11.0. The standard InChI is InChI=1S/C12H19NO3S/c1-16-9-7-11-5-3-4-6-12(11)13-8-10-17(2,14)15/h3-6,13H,7-10H2,1-2H3. The molecule has 0 amide bonds. The molecule has 1 N–H and O–H groups in total. The molecule has 0 radical (unpaired) electrons. The predicted molar refractivity (Wildman–Crippen MR) is 70.2 cm³/mol. The Morgan fingerprint density at radius 1 is 1.29 bits per heavy atom. The number of methoxy groups -OCH3 is 1. The molecule has 17 heavy (non-hydrogen) atoms. The molecule has 4 nitrogen and oxygen atoms in total. The second kappa shape index (κ2) is 6.61. The third kappa shape index (κ3) is 5.70. The van der Waals surface area contributed by atoms with Crippen LogP contribution in [0.4, 0.5) is 5.69 Å². The SMILES string of the molecule is COCCc1ccccc1NCCS(C)(=O)=O. The molecule has 0 heterocycles. The first-order valence-electron chi connectivity index (χ1n) is 5.51. The quantitative estimate of drug-likeness (QED) is 0.800. The first-order chi connectivity index (χ1) is 8.03. The topological polar surface area (TPSA) is 55.4 Å². The van der Waals surface area contributed by atoms with Crippen LogP contribution in [0.1, 0.15) is 5.56 Å². The van der Waals surface area contributed by atoms with Gasteiger partial charge in [0.15, 0.2) is 0 Å². The zero-order valence-electron chi connectivity index (χ0n) is 10.3. The molecular formula is C12H19NO3S. The third-order valence-electron chi connectivity index (χ3n) is 2.38. The largest absolute Gasteiger partial charge is 0.384 e. The zero-order chi connectivity index (χ0) is 12.7. The van der Waals surface area contributed by atoms with E-state index in [-0.39, 0.29) is 5.75 Å². The molecule has 0 fully saturated rings. The Hall–Kier alpha value is -1.07. The summed E-state index contributed by atoms with van der Waals surface area (Å²) in [5.74, 6) is 0.144. The molecule has 1 aromatic carbocycles. The van der Waals surface area contributed by atoms with E-state index in [1.807, 2.05) is 24.3 Å². The van der Waals surface area contributed by atoms with E-state index in [4.69, 9.17) is 4.74 Å². The molecule has 0 aliphatic rings. The summed E-state index contributed by atoms with van der Waals surface area (Å²) in [6.45, 7) is 1.09. The Labute approximate surface area is 103 Å². The lowest BCUT2D eigenvalue weighted by molar-refractivity contribution is 0.202. The lowest BCUT2D eigenvalue weighted by Crippen LogP contribution is -2.15. The van der Waals surface area contributed by atoms with Gasteiger partial charge in [-0.1, -0.05) is 18.2 Å². The number of ether oxygens (including phenoxy) is 1. The van der Waals surface area contributed by atoms with E-state index in [0.29, 0.717) is 13.2 Å². The molecule has 0 saturated heterocycles. The van der Waals surface area contributed by atoms with Crippen molar-refractivity contribution in [3.8, 4) is 0 Å². The van der Waals surface area contributed by atoms with Gasteiger partial charge in [0.05, 0.1) is 12.4 Å². The van der Waals surface area contributed by atoms with E-state index in [0.717, 1.165) is 17.7 Å². The van der Waals surface area contributed by atoms with E-state index in [1.165, 1.54) is 6.26 Å². The minimum atomic E-state index is -2.91. The number of hydrogen-bond acceptors (Lipinski definition) is 4. The fourth-order valence-corrected chi connectivity index (χ4v) is 1.97. The highest BCUT2D eigenvalue weighted by molar-refractivity contribution is 7.90. The van der Waals surface area contributed by atoms with Crippen molar-refractivity contribution < 1.29 is 13.2 Å². The molecule has 0 aliphatic carbocycles. The third-order valence-corrected chi connectivity index (χ3v) is 3.33. The predicted octanol–water partition coefficient (Wildman–Crippen LogP) is 1.33. The molecule has 0 aliphatic heterocycles. The van der Waals surface area contributed by atoms with Crippen LogP contribution in [0.2, 0.25) is 0 Å². The monoisotopic (exact) mass is 257 g/mol. The van der Waals surface area contributed by atoms with E-state index >= 15 is 0 Å². The van der Waals surface area contributed by atoms with Crippen LogP contribution >= 0.6 is 0 Å². The molecule has 0 atom stereocenters. The maximum atomic E-state index is 11.0. The fraction of sp³-hybridized carbons (Fsp3) is 0.500. The van der Waals surface area contributed by atoms with Gasteiger partial charge in [-0.2, -0.15) is 0 Å². The highest BCUT2D eigenvalue weighted by atomic mass is 32.2. The Balaban J connectivity index is 2.57. The van der Waals surface area contributed by atoms with Gasteiger partial charge in [0.2, 0.25) is 0 Å². The van der Waals surface area contributed by atoms with Crippen LogP contribution in [0.3, 0.4) is 0 Å². The van der Waals surface area contributed by atoms with Crippen LogP contribution in [-0.2, 0) is 21.0 Å². The van der Waals surface area contributed by atoms with E-state index in [9.17, 15) is 8.42 Å². The minimum absolute atomic E-state index is 0.144. The number of para-hydroxylation sites is 1. The minimum Gasteiger partial charge on any atom is -0.384 e. The van der Waals surface area contributed by atoms with E-state index in [1.54, 1.807) is 7.11 Å². The number of benzene rings is 1. The molecular weight excluding hydrogens is 238 g/mol. The van der Waals surface area contributed by atoms with Crippen molar-refractivity contribution in [2.24, 2.45) is 0 Å². The van der Waals surface area contributed by atoms with Crippen LogP contribution < -0.4 is 5.32 Å². The van der Waals surface area contributed by atoms with Crippen molar-refractivity contribution in [1.29, 1.82) is 0 Å². The van der Waals surface area contributed by atoms with Crippen molar-refractivity contribution >= 4 is 15.5 Å². The number of nitrogens with one attached hydrogen (secondary N) is 1. The molecule has 0 aromatic heterocycles. The number of hydrogen-bond donors (Lipinski definition) is 1. The van der Waals surface area contributed by atoms with E-state index in [2.05, 4.69) is 5.32 Å². The summed E-state index contributed by atoms with van der Waals surface area (Å²) >= 11 is 0. The van der Waals surface area contributed by atoms with Crippen LogP contribution in [0.25, 0.3) is 0 Å². The molecule has 0 bridgehead atoms. The molecule has 1 rings (SSSR count). The summed E-state index contributed by atoms with van der Waals surface area (Å²) < 4.78 is 27.1. The lowest BCUT2D eigenvalue weighted by atomic mass is 10.1. The Morgan fingerprint density at radius 2 is 2.00 bits per heavy atom. The van der Waals surface area contributed by atoms with Gasteiger partial charge in [-0.25, -0.2) is 8.42 Å². The van der Waals surface area contributed by atoms with Gasteiger partial charge in [0.25, 0.3) is 0 Å². The highest BCUT2D eigenvalue weighted by Crippen LogP contribution is 2.15. The second-order valence-corrected chi connectivity index (χ2v) is 6.22. The van der Waals surface area contributed by atoms with Crippen LogP contribution in [0.15, 0.2) is 24.3 Å². The first kappa shape index (κ1) is 14.0. The highest BCUT2D eigenvalue weighted by Gasteiger charge is 2.04. The van der Waals surface area contributed by atoms with Gasteiger partial charge >= 0.3 is 0 Å².